The molecular formula is C22H31N6. The zero-order valence-corrected chi connectivity index (χ0v) is 17.3. The molecule has 3 aromatic rings. The molecule has 0 aliphatic carbocycles. The number of aromatic amines is 1. The molecule has 0 amide bonds. The number of pyridine rings is 1. The molecule has 2 aromatic heterocycles. The average Bonchev–Trinajstić information content (AvgIpc) is 3.11. The summed E-state index contributed by atoms with van der Waals surface area (Å²) in [5.41, 5.74) is 10.2. The average molecular weight is 380 g/mol. The normalized spacial score (nSPS) is 15.9. The number of aryl methyl sites for hydroxylation is 1. The molecule has 6 heteroatoms. The van der Waals surface area contributed by atoms with E-state index in [4.69, 9.17) is 5.73 Å². The maximum atomic E-state index is 6.24. The fraction of sp³-hybridized carbons (Fsp3) is 0.500. The topological polar surface area (TPSA) is 74.1 Å². The summed E-state index contributed by atoms with van der Waals surface area (Å²) >= 11 is 0. The number of H-pyrrole nitrogens is 1. The number of anilines is 2. The van der Waals surface area contributed by atoms with Crippen LogP contribution in [-0.2, 0) is 6.42 Å². The Labute approximate surface area is 167 Å². The molecule has 0 atom stereocenters. The van der Waals surface area contributed by atoms with Crippen LogP contribution in [0.15, 0.2) is 18.2 Å². The van der Waals surface area contributed by atoms with Gasteiger partial charge in [0.05, 0.1) is 11.0 Å². The van der Waals surface area contributed by atoms with Crippen LogP contribution in [0, 0.1) is 5.92 Å². The van der Waals surface area contributed by atoms with Gasteiger partial charge in [0.1, 0.15) is 11.3 Å². The first-order valence-corrected chi connectivity index (χ1v) is 10.4. The van der Waals surface area contributed by atoms with Gasteiger partial charge in [-0.2, -0.15) is 0 Å². The molecule has 149 valence electrons. The number of unbranched alkanes of at least 4 members (excludes halogenated alkanes) is 1. The number of nitrogens with one attached hydrogen (secondary N) is 1. The van der Waals surface area contributed by atoms with Gasteiger partial charge in [-0.1, -0.05) is 27.2 Å². The number of nitrogens with two attached hydrogens (primary N) is 1. The van der Waals surface area contributed by atoms with E-state index in [9.17, 15) is 0 Å². The number of fused-ring (bicyclic) bond motifs is 3. The van der Waals surface area contributed by atoms with E-state index in [0.29, 0.717) is 5.82 Å². The minimum atomic E-state index is 0.512. The van der Waals surface area contributed by atoms with E-state index < -0.39 is 0 Å². The van der Waals surface area contributed by atoms with Crippen molar-refractivity contribution in [2.75, 3.05) is 43.4 Å². The van der Waals surface area contributed by atoms with Crippen molar-refractivity contribution in [3.8, 4) is 0 Å². The molecular weight excluding hydrogens is 348 g/mol. The molecule has 1 aromatic carbocycles. The Morgan fingerprint density at radius 1 is 1.14 bits per heavy atom. The monoisotopic (exact) mass is 379 g/mol. The van der Waals surface area contributed by atoms with Crippen molar-refractivity contribution in [2.24, 2.45) is 0 Å². The maximum absolute atomic E-state index is 6.24. The number of imidazole rings is 1. The lowest BCUT2D eigenvalue weighted by Crippen LogP contribution is -2.47. The lowest BCUT2D eigenvalue weighted by atomic mass is 10.1. The molecule has 6 nitrogen and oxygen atoms in total. The quantitative estimate of drug-likeness (QED) is 0.682. The third-order valence-corrected chi connectivity index (χ3v) is 5.53. The van der Waals surface area contributed by atoms with Crippen molar-refractivity contribution in [1.82, 2.24) is 19.9 Å². The summed E-state index contributed by atoms with van der Waals surface area (Å²) in [5.74, 6) is 2.99. The highest BCUT2D eigenvalue weighted by molar-refractivity contribution is 6.06. The number of nitrogens with zero attached hydrogens (tertiary/aromatic N) is 4. The van der Waals surface area contributed by atoms with Gasteiger partial charge in [-0.15, -0.1) is 0 Å². The van der Waals surface area contributed by atoms with Crippen LogP contribution in [0.4, 0.5) is 11.5 Å². The molecule has 0 saturated carbocycles. The molecule has 1 radical (unpaired) electrons. The molecule has 0 unspecified atom stereocenters. The minimum Gasteiger partial charge on any atom is -0.382 e. The first-order chi connectivity index (χ1) is 13.5. The van der Waals surface area contributed by atoms with Gasteiger partial charge in [0.25, 0.3) is 0 Å². The Hall–Kier alpha value is -2.34. The van der Waals surface area contributed by atoms with Gasteiger partial charge in [-0.3, -0.25) is 4.90 Å². The van der Waals surface area contributed by atoms with E-state index >= 15 is 0 Å². The van der Waals surface area contributed by atoms with Crippen LogP contribution < -0.4 is 10.6 Å². The summed E-state index contributed by atoms with van der Waals surface area (Å²) in [5, 5.41) is 1.10. The zero-order valence-electron chi connectivity index (χ0n) is 17.3. The number of aromatic nitrogens is 3. The van der Waals surface area contributed by atoms with E-state index in [-0.39, 0.29) is 0 Å². The van der Waals surface area contributed by atoms with Crippen molar-refractivity contribution < 1.29 is 0 Å². The van der Waals surface area contributed by atoms with Crippen molar-refractivity contribution in [3.05, 3.63) is 29.9 Å². The number of nitrogen functional groups attached to an aromatic ring is 1. The second-order valence-electron chi connectivity index (χ2n) is 8.18. The number of benzene rings is 1. The molecule has 28 heavy (non-hydrogen) atoms. The Kier molecular flexibility index (Phi) is 5.40. The molecule has 4 rings (SSSR count). The SMILES string of the molecule is CCCCc1nc2c(N)nc3cc(N4CCN(C[C](C)C)CC4)ccc3c2[nH]1. The van der Waals surface area contributed by atoms with Crippen molar-refractivity contribution in [3.63, 3.8) is 0 Å². The molecule has 1 aliphatic heterocycles. The van der Waals surface area contributed by atoms with Crippen LogP contribution >= 0.6 is 0 Å². The number of hydrogen-bond donors (Lipinski definition) is 2. The Morgan fingerprint density at radius 3 is 2.64 bits per heavy atom. The van der Waals surface area contributed by atoms with Gasteiger partial charge in [-0.05, 0) is 30.5 Å². The third-order valence-electron chi connectivity index (χ3n) is 5.53. The fourth-order valence-corrected chi connectivity index (χ4v) is 4.08. The zero-order chi connectivity index (χ0) is 19.7. The molecule has 1 fully saturated rings. The van der Waals surface area contributed by atoms with Crippen molar-refractivity contribution in [2.45, 2.75) is 40.0 Å². The highest BCUT2D eigenvalue weighted by Gasteiger charge is 2.19. The first kappa shape index (κ1) is 19.0. The second-order valence-corrected chi connectivity index (χ2v) is 8.18. The summed E-state index contributed by atoms with van der Waals surface area (Å²) in [6, 6.07) is 6.54. The lowest BCUT2D eigenvalue weighted by Gasteiger charge is -2.36. The summed E-state index contributed by atoms with van der Waals surface area (Å²) in [6.07, 6.45) is 3.22. The number of rotatable bonds is 6. The van der Waals surface area contributed by atoms with E-state index in [2.05, 4.69) is 63.7 Å². The van der Waals surface area contributed by atoms with Crippen LogP contribution in [0.1, 0.15) is 39.4 Å². The number of hydrogen-bond acceptors (Lipinski definition) is 5. The molecule has 1 saturated heterocycles. The summed E-state index contributed by atoms with van der Waals surface area (Å²) in [7, 11) is 0. The van der Waals surface area contributed by atoms with Gasteiger partial charge in [-0.25, -0.2) is 9.97 Å². The van der Waals surface area contributed by atoms with Crippen molar-refractivity contribution >= 4 is 33.4 Å². The largest absolute Gasteiger partial charge is 0.382 e. The van der Waals surface area contributed by atoms with Crippen LogP contribution in [-0.4, -0.2) is 52.6 Å². The van der Waals surface area contributed by atoms with Gasteiger partial charge in [0.15, 0.2) is 5.82 Å². The van der Waals surface area contributed by atoms with Crippen LogP contribution in [0.2, 0.25) is 0 Å². The number of piperazine rings is 1. The third kappa shape index (κ3) is 3.78. The van der Waals surface area contributed by atoms with Gasteiger partial charge >= 0.3 is 0 Å². The van der Waals surface area contributed by atoms with E-state index in [1.165, 1.54) is 11.6 Å². The van der Waals surface area contributed by atoms with Crippen LogP contribution in [0.3, 0.4) is 0 Å². The highest BCUT2D eigenvalue weighted by atomic mass is 15.3. The van der Waals surface area contributed by atoms with Crippen LogP contribution in [0.5, 0.6) is 0 Å². The predicted molar refractivity (Wildman–Crippen MR) is 118 cm³/mol. The van der Waals surface area contributed by atoms with Crippen LogP contribution in [0.25, 0.3) is 21.9 Å². The molecule has 0 spiro atoms. The first-order valence-electron chi connectivity index (χ1n) is 10.4. The predicted octanol–water partition coefficient (Wildman–Crippen LogP) is 3.77. The van der Waals surface area contributed by atoms with Gasteiger partial charge in [0, 0.05) is 50.2 Å². The smallest absolute Gasteiger partial charge is 0.152 e. The molecule has 1 aliphatic rings. The Morgan fingerprint density at radius 2 is 1.93 bits per heavy atom. The Balaban J connectivity index is 1.60. The molecule has 3 heterocycles. The minimum absolute atomic E-state index is 0.512. The van der Waals surface area contributed by atoms with E-state index in [1.54, 1.807) is 0 Å². The maximum Gasteiger partial charge on any atom is 0.152 e. The lowest BCUT2D eigenvalue weighted by molar-refractivity contribution is 0.267. The van der Waals surface area contributed by atoms with Gasteiger partial charge < -0.3 is 15.6 Å². The second kappa shape index (κ2) is 7.95. The summed E-state index contributed by atoms with van der Waals surface area (Å²) < 4.78 is 0. The Bertz CT molecular complexity index is 952. The molecule has 3 N–H and O–H groups in total. The fourth-order valence-electron chi connectivity index (χ4n) is 4.08. The van der Waals surface area contributed by atoms with E-state index in [1.807, 2.05) is 0 Å². The highest BCUT2D eigenvalue weighted by Crippen LogP contribution is 2.30. The van der Waals surface area contributed by atoms with Crippen molar-refractivity contribution in [1.29, 1.82) is 0 Å². The summed E-state index contributed by atoms with van der Waals surface area (Å²) in [6.45, 7) is 12.0. The molecule has 0 bridgehead atoms. The standard InChI is InChI=1S/C22H31N6/c1-4-5-6-19-25-20-17-8-7-16(13-18(17)24-22(23)21(20)26-19)28-11-9-27(10-12-28)14-15(2)3/h7-8,13H,4-6,9-12,14H2,1-3H3,(H2,23,24)(H,25,26). The van der Waals surface area contributed by atoms with E-state index in [0.717, 1.165) is 79.7 Å². The van der Waals surface area contributed by atoms with Gasteiger partial charge in [0.2, 0.25) is 0 Å². The summed E-state index contributed by atoms with van der Waals surface area (Å²) in [4.78, 5) is 17.8.